The molecular weight excluding hydrogens is 232 g/mol. The predicted molar refractivity (Wildman–Crippen MR) is 66.6 cm³/mol. The number of hydrogen-bond donors (Lipinski definition) is 1. The van der Waals surface area contributed by atoms with Gasteiger partial charge in [-0.2, -0.15) is 5.10 Å². The highest BCUT2D eigenvalue weighted by atomic mass is 16.4. The highest BCUT2D eigenvalue weighted by Gasteiger charge is 2.17. The minimum Gasteiger partial charge on any atom is -0.436 e. The van der Waals surface area contributed by atoms with Crippen molar-refractivity contribution in [3.8, 4) is 0 Å². The summed E-state index contributed by atoms with van der Waals surface area (Å²) in [7, 11) is 0. The van der Waals surface area contributed by atoms with E-state index in [9.17, 15) is 4.79 Å². The fourth-order valence-electron chi connectivity index (χ4n) is 1.81. The summed E-state index contributed by atoms with van der Waals surface area (Å²) in [6.07, 6.45) is 1.63. The van der Waals surface area contributed by atoms with Crippen LogP contribution in [0, 0.1) is 20.8 Å². The van der Waals surface area contributed by atoms with Crippen molar-refractivity contribution in [3.05, 3.63) is 29.2 Å². The summed E-state index contributed by atoms with van der Waals surface area (Å²) in [6.45, 7) is 8.13. The molecular formula is C12H16N4O2. The van der Waals surface area contributed by atoms with Crippen LogP contribution in [0.2, 0.25) is 0 Å². The quantitative estimate of drug-likeness (QED) is 0.902. The first-order chi connectivity index (χ1) is 8.52. The van der Waals surface area contributed by atoms with Crippen LogP contribution in [0.3, 0.4) is 0 Å². The summed E-state index contributed by atoms with van der Waals surface area (Å²) in [6, 6.07) is 0. The number of anilines is 1. The summed E-state index contributed by atoms with van der Waals surface area (Å²) >= 11 is 0. The zero-order valence-electron chi connectivity index (χ0n) is 10.9. The van der Waals surface area contributed by atoms with Crippen molar-refractivity contribution in [2.24, 2.45) is 0 Å². The standard InChI is InChI=1S/C12H16N4O2/c1-5-16-8(3)10(6-13-16)15-12(17)11-7(2)14-9(4)18-11/h6H,5H2,1-4H3,(H,15,17). The maximum atomic E-state index is 12.0. The lowest BCUT2D eigenvalue weighted by Gasteiger charge is -2.03. The van der Waals surface area contributed by atoms with Gasteiger partial charge in [-0.3, -0.25) is 9.48 Å². The van der Waals surface area contributed by atoms with E-state index in [1.165, 1.54) is 0 Å². The fourth-order valence-corrected chi connectivity index (χ4v) is 1.81. The van der Waals surface area contributed by atoms with Gasteiger partial charge in [0.15, 0.2) is 5.89 Å². The van der Waals surface area contributed by atoms with Crippen LogP contribution >= 0.6 is 0 Å². The van der Waals surface area contributed by atoms with Gasteiger partial charge in [-0.25, -0.2) is 4.98 Å². The number of oxazole rings is 1. The molecule has 0 unspecified atom stereocenters. The first-order valence-corrected chi connectivity index (χ1v) is 5.80. The average molecular weight is 248 g/mol. The molecule has 1 amide bonds. The van der Waals surface area contributed by atoms with E-state index >= 15 is 0 Å². The average Bonchev–Trinajstić information content (AvgIpc) is 2.83. The van der Waals surface area contributed by atoms with Gasteiger partial charge in [0.1, 0.15) is 0 Å². The van der Waals surface area contributed by atoms with Crippen LogP contribution in [0.15, 0.2) is 10.6 Å². The van der Waals surface area contributed by atoms with Gasteiger partial charge in [-0.1, -0.05) is 0 Å². The zero-order chi connectivity index (χ0) is 13.3. The van der Waals surface area contributed by atoms with Crippen molar-refractivity contribution in [2.45, 2.75) is 34.2 Å². The minimum atomic E-state index is -0.299. The van der Waals surface area contributed by atoms with Crippen LogP contribution in [0.5, 0.6) is 0 Å². The molecule has 0 fully saturated rings. The van der Waals surface area contributed by atoms with E-state index in [-0.39, 0.29) is 11.7 Å². The Labute approximate surface area is 105 Å². The van der Waals surface area contributed by atoms with Crippen LogP contribution in [0.4, 0.5) is 5.69 Å². The molecule has 96 valence electrons. The first-order valence-electron chi connectivity index (χ1n) is 5.80. The van der Waals surface area contributed by atoms with Gasteiger partial charge < -0.3 is 9.73 Å². The van der Waals surface area contributed by atoms with Gasteiger partial charge in [0.05, 0.1) is 23.3 Å². The van der Waals surface area contributed by atoms with Crippen LogP contribution < -0.4 is 5.32 Å². The minimum absolute atomic E-state index is 0.246. The Balaban J connectivity index is 2.21. The number of rotatable bonds is 3. The van der Waals surface area contributed by atoms with Crippen molar-refractivity contribution in [1.29, 1.82) is 0 Å². The van der Waals surface area contributed by atoms with Gasteiger partial charge in [-0.05, 0) is 20.8 Å². The van der Waals surface area contributed by atoms with E-state index in [0.717, 1.165) is 12.2 Å². The van der Waals surface area contributed by atoms with Crippen molar-refractivity contribution < 1.29 is 9.21 Å². The molecule has 2 aromatic heterocycles. The van der Waals surface area contributed by atoms with Gasteiger partial charge in [0.25, 0.3) is 5.91 Å². The lowest BCUT2D eigenvalue weighted by atomic mass is 10.3. The topological polar surface area (TPSA) is 73.0 Å². The predicted octanol–water partition coefficient (Wildman–Crippen LogP) is 2.07. The van der Waals surface area contributed by atoms with Gasteiger partial charge in [-0.15, -0.1) is 0 Å². The Bertz CT molecular complexity index is 583. The SMILES string of the molecule is CCn1ncc(NC(=O)c2oc(C)nc2C)c1C. The molecule has 0 saturated carbocycles. The lowest BCUT2D eigenvalue weighted by Crippen LogP contribution is -2.13. The number of carbonyl (C=O) groups excluding carboxylic acids is 1. The van der Waals surface area contributed by atoms with E-state index in [2.05, 4.69) is 15.4 Å². The second-order valence-corrected chi connectivity index (χ2v) is 4.06. The van der Waals surface area contributed by atoms with Gasteiger partial charge in [0, 0.05) is 13.5 Å². The third kappa shape index (κ3) is 2.13. The van der Waals surface area contributed by atoms with Gasteiger partial charge >= 0.3 is 0 Å². The van der Waals surface area contributed by atoms with E-state index in [1.807, 2.05) is 18.5 Å². The zero-order valence-corrected chi connectivity index (χ0v) is 10.9. The molecule has 2 rings (SSSR count). The molecule has 0 aliphatic heterocycles. The number of aryl methyl sites for hydroxylation is 3. The Morgan fingerprint density at radius 3 is 2.67 bits per heavy atom. The number of nitrogens with zero attached hydrogens (tertiary/aromatic N) is 3. The Kier molecular flexibility index (Phi) is 3.18. The normalized spacial score (nSPS) is 10.7. The Morgan fingerprint density at radius 2 is 2.17 bits per heavy atom. The number of carbonyl (C=O) groups is 1. The number of aromatic nitrogens is 3. The molecule has 0 saturated heterocycles. The summed E-state index contributed by atoms with van der Waals surface area (Å²) in [5.41, 5.74) is 2.19. The molecule has 18 heavy (non-hydrogen) atoms. The summed E-state index contributed by atoms with van der Waals surface area (Å²) < 4.78 is 7.08. The largest absolute Gasteiger partial charge is 0.436 e. The molecule has 1 N–H and O–H groups in total. The maximum Gasteiger partial charge on any atom is 0.293 e. The van der Waals surface area contributed by atoms with Crippen LogP contribution in [-0.2, 0) is 6.54 Å². The summed E-state index contributed by atoms with van der Waals surface area (Å²) in [5, 5.41) is 6.94. The molecule has 0 radical (unpaired) electrons. The van der Waals surface area contributed by atoms with E-state index < -0.39 is 0 Å². The summed E-state index contributed by atoms with van der Waals surface area (Å²) in [5.74, 6) is 0.432. The van der Waals surface area contributed by atoms with Crippen molar-refractivity contribution in [3.63, 3.8) is 0 Å². The van der Waals surface area contributed by atoms with E-state index in [4.69, 9.17) is 4.42 Å². The number of nitrogens with one attached hydrogen (secondary N) is 1. The maximum absolute atomic E-state index is 12.0. The van der Waals surface area contributed by atoms with Crippen molar-refractivity contribution in [1.82, 2.24) is 14.8 Å². The molecule has 0 aromatic carbocycles. The van der Waals surface area contributed by atoms with Crippen LogP contribution in [-0.4, -0.2) is 20.7 Å². The highest BCUT2D eigenvalue weighted by Crippen LogP contribution is 2.16. The molecule has 6 nitrogen and oxygen atoms in total. The fraction of sp³-hybridized carbons (Fsp3) is 0.417. The molecule has 0 aliphatic carbocycles. The molecule has 6 heteroatoms. The van der Waals surface area contributed by atoms with E-state index in [1.54, 1.807) is 20.0 Å². The highest BCUT2D eigenvalue weighted by molar-refractivity contribution is 6.03. The molecule has 0 aliphatic rings. The molecule has 0 bridgehead atoms. The molecule has 2 aromatic rings. The van der Waals surface area contributed by atoms with E-state index in [0.29, 0.717) is 17.3 Å². The van der Waals surface area contributed by atoms with Crippen molar-refractivity contribution in [2.75, 3.05) is 5.32 Å². The third-order valence-corrected chi connectivity index (χ3v) is 2.76. The van der Waals surface area contributed by atoms with Crippen LogP contribution in [0.25, 0.3) is 0 Å². The number of hydrogen-bond acceptors (Lipinski definition) is 4. The Hall–Kier alpha value is -2.11. The van der Waals surface area contributed by atoms with Crippen LogP contribution in [0.1, 0.15) is 34.8 Å². The second kappa shape index (κ2) is 4.64. The molecule has 2 heterocycles. The third-order valence-electron chi connectivity index (χ3n) is 2.76. The van der Waals surface area contributed by atoms with Crippen molar-refractivity contribution >= 4 is 11.6 Å². The lowest BCUT2D eigenvalue weighted by molar-refractivity contribution is 0.0994. The molecule has 0 spiro atoms. The van der Waals surface area contributed by atoms with Gasteiger partial charge in [0.2, 0.25) is 5.76 Å². The second-order valence-electron chi connectivity index (χ2n) is 4.06. The first kappa shape index (κ1) is 12.3. The Morgan fingerprint density at radius 1 is 1.44 bits per heavy atom. The monoisotopic (exact) mass is 248 g/mol. The smallest absolute Gasteiger partial charge is 0.293 e. The number of amides is 1. The molecule has 0 atom stereocenters. The summed E-state index contributed by atoms with van der Waals surface area (Å²) in [4.78, 5) is 16.1.